The Bertz CT molecular complexity index is 380. The molecule has 0 aliphatic carbocycles. The van der Waals surface area contributed by atoms with Gasteiger partial charge in [0.2, 0.25) is 0 Å². The summed E-state index contributed by atoms with van der Waals surface area (Å²) in [5, 5.41) is 2.98. The summed E-state index contributed by atoms with van der Waals surface area (Å²) in [6.45, 7) is 6.09. The minimum atomic E-state index is -0.613. The first-order valence-corrected chi connectivity index (χ1v) is 5.68. The largest absolute Gasteiger partial charge is 0.374 e. The standard InChI is InChI=1S/C13H19F2NO/c1-5-17-13(2,3)12(16-4)10-8-9(14)6-7-11(10)15/h6-8,12,16H,5H2,1-4H3. The molecule has 4 heteroatoms. The molecule has 0 aromatic heterocycles. The van der Waals surface area contributed by atoms with Gasteiger partial charge in [0, 0.05) is 12.2 Å². The average molecular weight is 243 g/mol. The van der Waals surface area contributed by atoms with E-state index in [-0.39, 0.29) is 5.56 Å². The number of rotatable bonds is 5. The van der Waals surface area contributed by atoms with Crippen molar-refractivity contribution >= 4 is 0 Å². The zero-order valence-corrected chi connectivity index (χ0v) is 10.7. The first kappa shape index (κ1) is 14.1. The first-order valence-electron chi connectivity index (χ1n) is 5.68. The zero-order valence-electron chi connectivity index (χ0n) is 10.7. The molecule has 0 amide bonds. The summed E-state index contributed by atoms with van der Waals surface area (Å²) in [5.74, 6) is -0.882. The number of hydrogen-bond acceptors (Lipinski definition) is 2. The Kier molecular flexibility index (Phi) is 4.60. The molecule has 0 aliphatic heterocycles. The van der Waals surface area contributed by atoms with Crippen LogP contribution in [0.25, 0.3) is 0 Å². The maximum Gasteiger partial charge on any atom is 0.128 e. The van der Waals surface area contributed by atoms with Crippen LogP contribution in [0.2, 0.25) is 0 Å². The van der Waals surface area contributed by atoms with Crippen LogP contribution < -0.4 is 5.32 Å². The van der Waals surface area contributed by atoms with Crippen molar-refractivity contribution in [3.63, 3.8) is 0 Å². The molecule has 1 unspecified atom stereocenters. The molecule has 0 aliphatic rings. The van der Waals surface area contributed by atoms with Crippen LogP contribution in [0.3, 0.4) is 0 Å². The number of hydrogen-bond donors (Lipinski definition) is 1. The summed E-state index contributed by atoms with van der Waals surface area (Å²) in [7, 11) is 1.70. The summed E-state index contributed by atoms with van der Waals surface area (Å²) in [6.07, 6.45) is 0. The molecule has 1 aromatic rings. The van der Waals surface area contributed by atoms with E-state index in [4.69, 9.17) is 4.74 Å². The highest BCUT2D eigenvalue weighted by Crippen LogP contribution is 2.30. The molecule has 0 radical (unpaired) electrons. The molecule has 1 atom stereocenters. The second-order valence-electron chi connectivity index (χ2n) is 4.42. The van der Waals surface area contributed by atoms with Crippen LogP contribution in [0, 0.1) is 11.6 Å². The van der Waals surface area contributed by atoms with Crippen molar-refractivity contribution in [2.24, 2.45) is 0 Å². The third-order valence-electron chi connectivity index (χ3n) is 2.77. The number of benzene rings is 1. The van der Waals surface area contributed by atoms with Crippen LogP contribution in [0.1, 0.15) is 32.4 Å². The summed E-state index contributed by atoms with van der Waals surface area (Å²) in [6, 6.07) is 3.05. The van der Waals surface area contributed by atoms with Crippen LogP contribution in [0.4, 0.5) is 8.78 Å². The van der Waals surface area contributed by atoms with Crippen molar-refractivity contribution in [3.05, 3.63) is 35.4 Å². The Hall–Kier alpha value is -1.00. The molecule has 0 bridgehead atoms. The maximum absolute atomic E-state index is 13.7. The zero-order chi connectivity index (χ0) is 13.1. The van der Waals surface area contributed by atoms with Crippen LogP contribution in [0.5, 0.6) is 0 Å². The lowest BCUT2D eigenvalue weighted by molar-refractivity contribution is -0.0383. The molecular weight excluding hydrogens is 224 g/mol. The number of likely N-dealkylation sites (N-methyl/N-ethyl adjacent to an activating group) is 1. The van der Waals surface area contributed by atoms with Crippen LogP contribution >= 0.6 is 0 Å². The maximum atomic E-state index is 13.7. The van der Waals surface area contributed by atoms with Gasteiger partial charge in [-0.2, -0.15) is 0 Å². The molecule has 17 heavy (non-hydrogen) atoms. The highest BCUT2D eigenvalue weighted by atomic mass is 19.1. The number of halogens is 2. The molecule has 0 saturated heterocycles. The Labute approximate surface area is 101 Å². The fourth-order valence-corrected chi connectivity index (χ4v) is 2.07. The molecule has 1 N–H and O–H groups in total. The molecule has 0 fully saturated rings. The van der Waals surface area contributed by atoms with Gasteiger partial charge < -0.3 is 10.1 Å². The van der Waals surface area contributed by atoms with Gasteiger partial charge in [-0.25, -0.2) is 8.78 Å². The second kappa shape index (κ2) is 5.56. The molecule has 1 rings (SSSR count). The van der Waals surface area contributed by atoms with E-state index in [0.717, 1.165) is 12.1 Å². The second-order valence-corrected chi connectivity index (χ2v) is 4.42. The van der Waals surface area contributed by atoms with Gasteiger partial charge in [-0.05, 0) is 46.0 Å². The number of nitrogens with one attached hydrogen (secondary N) is 1. The lowest BCUT2D eigenvalue weighted by atomic mass is 9.91. The van der Waals surface area contributed by atoms with Crippen molar-refractivity contribution in [2.75, 3.05) is 13.7 Å². The smallest absolute Gasteiger partial charge is 0.128 e. The first-order chi connectivity index (χ1) is 7.92. The Morgan fingerprint density at radius 3 is 2.53 bits per heavy atom. The van der Waals surface area contributed by atoms with Gasteiger partial charge in [-0.15, -0.1) is 0 Å². The SMILES string of the molecule is CCOC(C)(C)C(NC)c1cc(F)ccc1F. The number of ether oxygens (including phenoxy) is 1. The topological polar surface area (TPSA) is 21.3 Å². The third-order valence-corrected chi connectivity index (χ3v) is 2.77. The molecule has 2 nitrogen and oxygen atoms in total. The monoisotopic (exact) mass is 243 g/mol. The summed E-state index contributed by atoms with van der Waals surface area (Å²) in [4.78, 5) is 0. The van der Waals surface area contributed by atoms with Crippen molar-refractivity contribution in [2.45, 2.75) is 32.4 Å². The fourth-order valence-electron chi connectivity index (χ4n) is 2.07. The lowest BCUT2D eigenvalue weighted by Gasteiger charge is -2.34. The van der Waals surface area contributed by atoms with E-state index in [1.165, 1.54) is 6.07 Å². The fraction of sp³-hybridized carbons (Fsp3) is 0.538. The summed E-state index contributed by atoms with van der Waals surface area (Å²) < 4.78 is 32.5. The molecule has 0 spiro atoms. The average Bonchev–Trinajstić information content (AvgIpc) is 2.23. The van der Waals surface area contributed by atoms with E-state index < -0.39 is 23.3 Å². The van der Waals surface area contributed by atoms with Crippen molar-refractivity contribution in [3.8, 4) is 0 Å². The van der Waals surface area contributed by atoms with E-state index in [1.54, 1.807) is 7.05 Å². The minimum absolute atomic E-state index is 0.283. The van der Waals surface area contributed by atoms with Crippen LogP contribution in [-0.2, 0) is 4.74 Å². The molecule has 1 aromatic carbocycles. The van der Waals surface area contributed by atoms with E-state index >= 15 is 0 Å². The van der Waals surface area contributed by atoms with Crippen LogP contribution in [-0.4, -0.2) is 19.3 Å². The minimum Gasteiger partial charge on any atom is -0.374 e. The highest BCUT2D eigenvalue weighted by molar-refractivity contribution is 5.24. The van der Waals surface area contributed by atoms with Crippen molar-refractivity contribution in [1.82, 2.24) is 5.32 Å². The predicted octanol–water partition coefficient (Wildman–Crippen LogP) is 3.04. The van der Waals surface area contributed by atoms with Gasteiger partial charge in [-0.3, -0.25) is 0 Å². The van der Waals surface area contributed by atoms with Gasteiger partial charge in [0.1, 0.15) is 11.6 Å². The van der Waals surface area contributed by atoms with Crippen molar-refractivity contribution in [1.29, 1.82) is 0 Å². The molecular formula is C13H19F2NO. The normalized spacial score (nSPS) is 13.8. The van der Waals surface area contributed by atoms with Gasteiger partial charge in [0.05, 0.1) is 11.6 Å². The summed E-state index contributed by atoms with van der Waals surface area (Å²) in [5.41, 5.74) is -0.330. The predicted molar refractivity (Wildman–Crippen MR) is 63.9 cm³/mol. The van der Waals surface area contributed by atoms with E-state index in [9.17, 15) is 8.78 Å². The lowest BCUT2D eigenvalue weighted by Crippen LogP contribution is -2.40. The third kappa shape index (κ3) is 3.23. The van der Waals surface area contributed by atoms with Gasteiger partial charge in [0.25, 0.3) is 0 Å². The highest BCUT2D eigenvalue weighted by Gasteiger charge is 2.32. The molecule has 96 valence electrons. The van der Waals surface area contributed by atoms with E-state index in [0.29, 0.717) is 6.61 Å². The van der Waals surface area contributed by atoms with Crippen LogP contribution in [0.15, 0.2) is 18.2 Å². The Morgan fingerprint density at radius 2 is 2.00 bits per heavy atom. The molecule has 0 saturated carbocycles. The Morgan fingerprint density at radius 1 is 1.35 bits per heavy atom. The van der Waals surface area contributed by atoms with E-state index in [2.05, 4.69) is 5.32 Å². The van der Waals surface area contributed by atoms with Gasteiger partial charge >= 0.3 is 0 Å². The Balaban J connectivity index is 3.13. The van der Waals surface area contributed by atoms with Gasteiger partial charge in [0.15, 0.2) is 0 Å². The molecule has 0 heterocycles. The van der Waals surface area contributed by atoms with E-state index in [1.807, 2.05) is 20.8 Å². The van der Waals surface area contributed by atoms with Crippen molar-refractivity contribution < 1.29 is 13.5 Å². The summed E-state index contributed by atoms with van der Waals surface area (Å²) >= 11 is 0. The van der Waals surface area contributed by atoms with Gasteiger partial charge in [-0.1, -0.05) is 0 Å². The quantitative estimate of drug-likeness (QED) is 0.858.